The molecule has 3 aliphatic carbocycles. The molecule has 0 saturated heterocycles. The van der Waals surface area contributed by atoms with E-state index in [-0.39, 0.29) is 0 Å². The van der Waals surface area contributed by atoms with Crippen LogP contribution in [0.3, 0.4) is 0 Å². The standard InChI is InChI=1S/C22H40/c1-18(19-12-6-3-7-13-19)22(2,20-14-8-4-9-15-20)21-16-10-5-11-17-21/h18-21H,3-17H2,1-2H3. The van der Waals surface area contributed by atoms with E-state index in [2.05, 4.69) is 13.8 Å². The number of rotatable bonds is 4. The maximum atomic E-state index is 2.76. The second-order valence-electron chi connectivity index (χ2n) is 9.22. The van der Waals surface area contributed by atoms with Crippen LogP contribution in [0.1, 0.15) is 110 Å². The van der Waals surface area contributed by atoms with Gasteiger partial charge >= 0.3 is 0 Å². The van der Waals surface area contributed by atoms with Crippen molar-refractivity contribution in [1.82, 2.24) is 0 Å². The van der Waals surface area contributed by atoms with Gasteiger partial charge < -0.3 is 0 Å². The van der Waals surface area contributed by atoms with Gasteiger partial charge in [-0.05, 0) is 54.8 Å². The average Bonchev–Trinajstić information content (AvgIpc) is 2.62. The Balaban J connectivity index is 1.79. The van der Waals surface area contributed by atoms with Crippen LogP contribution in [0.25, 0.3) is 0 Å². The molecule has 0 aromatic heterocycles. The summed E-state index contributed by atoms with van der Waals surface area (Å²) in [7, 11) is 0. The summed E-state index contributed by atoms with van der Waals surface area (Å²) in [5.74, 6) is 4.10. The summed E-state index contributed by atoms with van der Waals surface area (Å²) in [6, 6.07) is 0. The Morgan fingerprint density at radius 3 is 1.36 bits per heavy atom. The molecule has 3 fully saturated rings. The highest BCUT2D eigenvalue weighted by molar-refractivity contribution is 4.96. The van der Waals surface area contributed by atoms with E-state index in [4.69, 9.17) is 0 Å². The third kappa shape index (κ3) is 3.41. The maximum Gasteiger partial charge on any atom is -0.0241 e. The highest BCUT2D eigenvalue weighted by Gasteiger charge is 2.47. The van der Waals surface area contributed by atoms with Crippen LogP contribution in [-0.4, -0.2) is 0 Å². The SMILES string of the molecule is CC(C1CCCCC1)C(C)(C1CCCCC1)C1CCCCC1. The van der Waals surface area contributed by atoms with E-state index in [1.165, 1.54) is 70.6 Å². The lowest BCUT2D eigenvalue weighted by molar-refractivity contribution is -0.0405. The summed E-state index contributed by atoms with van der Waals surface area (Å²) in [6.07, 6.45) is 22.9. The summed E-state index contributed by atoms with van der Waals surface area (Å²) in [6.45, 7) is 5.44. The Bertz CT molecular complexity index is 295. The van der Waals surface area contributed by atoms with Crippen LogP contribution in [0.4, 0.5) is 0 Å². The molecule has 0 radical (unpaired) electrons. The largest absolute Gasteiger partial charge is 0.0617 e. The Morgan fingerprint density at radius 1 is 0.591 bits per heavy atom. The lowest BCUT2D eigenvalue weighted by atomic mass is 9.52. The molecule has 0 N–H and O–H groups in total. The quantitative estimate of drug-likeness (QED) is 0.508. The predicted octanol–water partition coefficient (Wildman–Crippen LogP) is 7.37. The molecule has 0 spiro atoms. The molecule has 3 aliphatic rings. The molecule has 128 valence electrons. The van der Waals surface area contributed by atoms with Crippen molar-refractivity contribution < 1.29 is 0 Å². The normalized spacial score (nSPS) is 28.6. The fourth-order valence-corrected chi connectivity index (χ4v) is 6.67. The monoisotopic (exact) mass is 304 g/mol. The van der Waals surface area contributed by atoms with E-state index >= 15 is 0 Å². The third-order valence-electron chi connectivity index (χ3n) is 8.31. The molecule has 0 nitrogen and oxygen atoms in total. The molecule has 0 heteroatoms. The second kappa shape index (κ2) is 7.71. The molecule has 3 rings (SSSR count). The van der Waals surface area contributed by atoms with Crippen molar-refractivity contribution >= 4 is 0 Å². The van der Waals surface area contributed by atoms with Gasteiger partial charge in [0, 0.05) is 0 Å². The molecule has 22 heavy (non-hydrogen) atoms. The molecule has 0 aromatic carbocycles. The smallest absolute Gasteiger partial charge is 0.0241 e. The van der Waals surface area contributed by atoms with Gasteiger partial charge in [0.25, 0.3) is 0 Å². The van der Waals surface area contributed by atoms with Crippen LogP contribution >= 0.6 is 0 Å². The number of hydrogen-bond donors (Lipinski definition) is 0. The first-order valence-corrected chi connectivity index (χ1v) is 10.7. The first kappa shape index (κ1) is 16.8. The Hall–Kier alpha value is 0. The fraction of sp³-hybridized carbons (Fsp3) is 1.00. The van der Waals surface area contributed by atoms with E-state index in [1.54, 1.807) is 25.7 Å². The molecule has 3 saturated carbocycles. The van der Waals surface area contributed by atoms with Crippen molar-refractivity contribution in [1.29, 1.82) is 0 Å². The van der Waals surface area contributed by atoms with Crippen molar-refractivity contribution in [3.63, 3.8) is 0 Å². The molecular formula is C22H40. The predicted molar refractivity (Wildman–Crippen MR) is 97.0 cm³/mol. The molecule has 0 heterocycles. The van der Waals surface area contributed by atoms with Gasteiger partial charge in [0.15, 0.2) is 0 Å². The lowest BCUT2D eigenvalue weighted by Crippen LogP contribution is -2.45. The first-order chi connectivity index (χ1) is 10.7. The van der Waals surface area contributed by atoms with Crippen LogP contribution in [0.2, 0.25) is 0 Å². The fourth-order valence-electron chi connectivity index (χ4n) is 6.67. The zero-order valence-electron chi connectivity index (χ0n) is 15.4. The Labute approximate surface area is 139 Å². The van der Waals surface area contributed by atoms with Gasteiger partial charge in [-0.1, -0.05) is 84.5 Å². The molecule has 1 unspecified atom stereocenters. The summed E-state index contributed by atoms with van der Waals surface area (Å²) in [5, 5.41) is 0. The van der Waals surface area contributed by atoms with Gasteiger partial charge in [-0.2, -0.15) is 0 Å². The zero-order valence-corrected chi connectivity index (χ0v) is 15.4. The van der Waals surface area contributed by atoms with Crippen molar-refractivity contribution in [2.24, 2.45) is 29.1 Å². The Kier molecular flexibility index (Phi) is 5.91. The highest BCUT2D eigenvalue weighted by atomic mass is 14.5. The Morgan fingerprint density at radius 2 is 0.955 bits per heavy atom. The first-order valence-electron chi connectivity index (χ1n) is 10.7. The van der Waals surface area contributed by atoms with Crippen molar-refractivity contribution in [3.05, 3.63) is 0 Å². The third-order valence-corrected chi connectivity index (χ3v) is 8.31. The van der Waals surface area contributed by atoms with Gasteiger partial charge in [0.05, 0.1) is 0 Å². The van der Waals surface area contributed by atoms with E-state index in [0.29, 0.717) is 5.41 Å². The van der Waals surface area contributed by atoms with Gasteiger partial charge in [-0.25, -0.2) is 0 Å². The summed E-state index contributed by atoms with van der Waals surface area (Å²) in [4.78, 5) is 0. The van der Waals surface area contributed by atoms with E-state index < -0.39 is 0 Å². The summed E-state index contributed by atoms with van der Waals surface area (Å²) < 4.78 is 0. The van der Waals surface area contributed by atoms with Crippen molar-refractivity contribution in [2.75, 3.05) is 0 Å². The van der Waals surface area contributed by atoms with E-state index in [9.17, 15) is 0 Å². The van der Waals surface area contributed by atoms with E-state index in [1.807, 2.05) is 0 Å². The topological polar surface area (TPSA) is 0 Å². The summed E-state index contributed by atoms with van der Waals surface area (Å²) in [5.41, 5.74) is 0.656. The molecule has 0 bridgehead atoms. The summed E-state index contributed by atoms with van der Waals surface area (Å²) >= 11 is 0. The lowest BCUT2D eigenvalue weighted by Gasteiger charge is -2.53. The molecular weight excluding hydrogens is 264 g/mol. The van der Waals surface area contributed by atoms with Crippen LogP contribution in [-0.2, 0) is 0 Å². The van der Waals surface area contributed by atoms with Gasteiger partial charge in [0.2, 0.25) is 0 Å². The second-order valence-corrected chi connectivity index (χ2v) is 9.22. The highest BCUT2D eigenvalue weighted by Crippen LogP contribution is 2.56. The van der Waals surface area contributed by atoms with Crippen LogP contribution in [0.5, 0.6) is 0 Å². The minimum atomic E-state index is 0.656. The van der Waals surface area contributed by atoms with Crippen LogP contribution in [0, 0.1) is 29.1 Å². The maximum absolute atomic E-state index is 2.76. The van der Waals surface area contributed by atoms with Gasteiger partial charge in [-0.3, -0.25) is 0 Å². The number of hydrogen-bond acceptors (Lipinski definition) is 0. The van der Waals surface area contributed by atoms with Gasteiger partial charge in [0.1, 0.15) is 0 Å². The van der Waals surface area contributed by atoms with Gasteiger partial charge in [-0.15, -0.1) is 0 Å². The molecule has 0 aromatic rings. The minimum absolute atomic E-state index is 0.656. The molecule has 1 atom stereocenters. The van der Waals surface area contributed by atoms with E-state index in [0.717, 1.165) is 23.7 Å². The van der Waals surface area contributed by atoms with Crippen LogP contribution < -0.4 is 0 Å². The minimum Gasteiger partial charge on any atom is -0.0617 e. The zero-order chi connectivity index (χ0) is 15.4. The molecule has 0 amide bonds. The average molecular weight is 305 g/mol. The van der Waals surface area contributed by atoms with Crippen molar-refractivity contribution in [2.45, 2.75) is 110 Å². The molecule has 0 aliphatic heterocycles. The van der Waals surface area contributed by atoms with Crippen molar-refractivity contribution in [3.8, 4) is 0 Å². The van der Waals surface area contributed by atoms with Crippen LogP contribution in [0.15, 0.2) is 0 Å².